The minimum atomic E-state index is -3.59. The van der Waals surface area contributed by atoms with E-state index in [1.807, 2.05) is 42.2 Å². The predicted octanol–water partition coefficient (Wildman–Crippen LogP) is 4.24. The van der Waals surface area contributed by atoms with Crippen molar-refractivity contribution in [3.05, 3.63) is 65.5 Å². The Kier molecular flexibility index (Phi) is 6.71. The number of rotatable bonds is 5. The average molecular weight is 495 g/mol. The lowest BCUT2D eigenvalue weighted by molar-refractivity contribution is 0.0724. The largest absolute Gasteiger partial charge is 0.339 e. The summed E-state index contributed by atoms with van der Waals surface area (Å²) in [5.41, 5.74) is 2.34. The second-order valence-electron chi connectivity index (χ2n) is 9.41. The smallest absolute Gasteiger partial charge is 0.253 e. The number of nitrogens with zero attached hydrogens (tertiary/aromatic N) is 4. The van der Waals surface area contributed by atoms with Gasteiger partial charge in [0.2, 0.25) is 21.7 Å². The van der Waals surface area contributed by atoms with Gasteiger partial charge in [-0.3, -0.25) is 4.79 Å². The van der Waals surface area contributed by atoms with Gasteiger partial charge in [0.25, 0.3) is 5.91 Å². The Morgan fingerprint density at radius 2 is 1.77 bits per heavy atom. The van der Waals surface area contributed by atoms with E-state index in [4.69, 9.17) is 4.52 Å². The van der Waals surface area contributed by atoms with Crippen LogP contribution < -0.4 is 0 Å². The van der Waals surface area contributed by atoms with E-state index < -0.39 is 10.0 Å². The van der Waals surface area contributed by atoms with E-state index in [0.717, 1.165) is 37.9 Å². The molecule has 0 radical (unpaired) electrons. The Hall–Kier alpha value is -3.04. The first-order valence-electron chi connectivity index (χ1n) is 12.2. The van der Waals surface area contributed by atoms with Gasteiger partial charge in [-0.15, -0.1) is 0 Å². The lowest BCUT2D eigenvalue weighted by atomic mass is 10.00. The molecule has 0 bridgehead atoms. The minimum absolute atomic E-state index is 0.0273. The van der Waals surface area contributed by atoms with Crippen molar-refractivity contribution < 1.29 is 17.7 Å². The number of amides is 1. The van der Waals surface area contributed by atoms with Gasteiger partial charge in [-0.2, -0.15) is 9.29 Å². The van der Waals surface area contributed by atoms with Gasteiger partial charge in [-0.05, 0) is 63.3 Å². The molecule has 1 atom stereocenters. The fraction of sp³-hybridized carbons (Fsp3) is 0.423. The van der Waals surface area contributed by atoms with Crippen molar-refractivity contribution in [3.8, 4) is 11.4 Å². The second-order valence-corrected chi connectivity index (χ2v) is 11.3. The SMILES string of the molecule is Cc1ccc(S(=O)(=O)N2CCC[C@H](c3nc(-c4cccc(C(=O)N5CCCCC5)c4)no3)C2)cc1. The van der Waals surface area contributed by atoms with Crippen LogP contribution in [0.5, 0.6) is 0 Å². The number of sulfonamides is 1. The molecular formula is C26H30N4O4S. The van der Waals surface area contributed by atoms with Crippen molar-refractivity contribution in [2.24, 2.45) is 0 Å². The zero-order valence-corrected chi connectivity index (χ0v) is 20.7. The highest BCUT2D eigenvalue weighted by molar-refractivity contribution is 7.89. The number of hydrogen-bond acceptors (Lipinski definition) is 6. The molecule has 1 aromatic heterocycles. The van der Waals surface area contributed by atoms with E-state index in [1.165, 1.54) is 10.7 Å². The van der Waals surface area contributed by atoms with Crippen LogP contribution >= 0.6 is 0 Å². The third-order valence-electron chi connectivity index (χ3n) is 6.84. The fourth-order valence-electron chi connectivity index (χ4n) is 4.81. The van der Waals surface area contributed by atoms with Crippen LogP contribution in [0.25, 0.3) is 11.4 Å². The number of hydrogen-bond donors (Lipinski definition) is 0. The molecule has 2 aliphatic rings. The summed E-state index contributed by atoms with van der Waals surface area (Å²) in [6.07, 6.45) is 4.73. The first-order valence-corrected chi connectivity index (χ1v) is 13.7. The highest BCUT2D eigenvalue weighted by Gasteiger charge is 2.33. The van der Waals surface area contributed by atoms with Crippen LogP contribution in [-0.2, 0) is 10.0 Å². The van der Waals surface area contributed by atoms with E-state index in [0.29, 0.717) is 47.2 Å². The Morgan fingerprint density at radius 1 is 1.00 bits per heavy atom. The van der Waals surface area contributed by atoms with Crippen LogP contribution in [0.3, 0.4) is 0 Å². The Labute approximate surface area is 206 Å². The summed E-state index contributed by atoms with van der Waals surface area (Å²) in [6, 6.07) is 14.2. The number of benzene rings is 2. The van der Waals surface area contributed by atoms with Crippen molar-refractivity contribution in [2.75, 3.05) is 26.2 Å². The van der Waals surface area contributed by atoms with Crippen LogP contribution in [0.2, 0.25) is 0 Å². The predicted molar refractivity (Wildman–Crippen MR) is 131 cm³/mol. The zero-order valence-electron chi connectivity index (χ0n) is 19.9. The number of carbonyl (C=O) groups is 1. The molecule has 35 heavy (non-hydrogen) atoms. The zero-order chi connectivity index (χ0) is 24.4. The summed E-state index contributed by atoms with van der Waals surface area (Å²) < 4.78 is 33.4. The monoisotopic (exact) mass is 494 g/mol. The Bertz CT molecular complexity index is 1300. The third-order valence-corrected chi connectivity index (χ3v) is 8.72. The van der Waals surface area contributed by atoms with Crippen LogP contribution in [0.4, 0.5) is 0 Å². The van der Waals surface area contributed by atoms with Crippen molar-refractivity contribution in [2.45, 2.75) is 49.8 Å². The van der Waals surface area contributed by atoms with Gasteiger partial charge in [0.1, 0.15) is 0 Å². The summed E-state index contributed by atoms with van der Waals surface area (Å²) in [7, 11) is -3.59. The molecule has 1 amide bonds. The topological polar surface area (TPSA) is 96.6 Å². The van der Waals surface area contributed by atoms with Crippen LogP contribution in [0.15, 0.2) is 57.9 Å². The van der Waals surface area contributed by atoms with Gasteiger partial charge < -0.3 is 9.42 Å². The number of aryl methyl sites for hydroxylation is 1. The first kappa shape index (κ1) is 23.7. The van der Waals surface area contributed by atoms with Gasteiger partial charge in [-0.25, -0.2) is 8.42 Å². The van der Waals surface area contributed by atoms with Gasteiger partial charge >= 0.3 is 0 Å². The third kappa shape index (κ3) is 5.01. The molecule has 3 aromatic rings. The van der Waals surface area contributed by atoms with Crippen LogP contribution in [0, 0.1) is 6.92 Å². The van der Waals surface area contributed by atoms with Gasteiger partial charge in [-0.1, -0.05) is 35.0 Å². The van der Waals surface area contributed by atoms with E-state index in [-0.39, 0.29) is 11.8 Å². The van der Waals surface area contributed by atoms with Crippen LogP contribution in [0.1, 0.15) is 59.8 Å². The average Bonchev–Trinajstić information content (AvgIpc) is 3.40. The van der Waals surface area contributed by atoms with Gasteiger partial charge in [0, 0.05) is 37.3 Å². The quantitative estimate of drug-likeness (QED) is 0.526. The highest BCUT2D eigenvalue weighted by Crippen LogP contribution is 2.31. The molecule has 0 aliphatic carbocycles. The highest BCUT2D eigenvalue weighted by atomic mass is 32.2. The molecule has 3 heterocycles. The van der Waals surface area contributed by atoms with E-state index in [2.05, 4.69) is 10.1 Å². The summed E-state index contributed by atoms with van der Waals surface area (Å²) in [6.45, 7) is 4.28. The molecular weight excluding hydrogens is 464 g/mol. The molecule has 0 saturated carbocycles. The maximum absolute atomic E-state index is 13.2. The van der Waals surface area contributed by atoms with E-state index in [1.54, 1.807) is 18.2 Å². The number of likely N-dealkylation sites (tertiary alicyclic amines) is 1. The van der Waals surface area contributed by atoms with Crippen molar-refractivity contribution in [1.82, 2.24) is 19.3 Å². The van der Waals surface area contributed by atoms with Crippen molar-refractivity contribution in [1.29, 1.82) is 0 Å². The molecule has 8 nitrogen and oxygen atoms in total. The molecule has 184 valence electrons. The summed E-state index contributed by atoms with van der Waals surface area (Å²) in [5, 5.41) is 4.15. The molecule has 2 aliphatic heterocycles. The molecule has 0 N–H and O–H groups in total. The van der Waals surface area contributed by atoms with Crippen molar-refractivity contribution >= 4 is 15.9 Å². The van der Waals surface area contributed by atoms with E-state index >= 15 is 0 Å². The molecule has 2 aromatic carbocycles. The molecule has 9 heteroatoms. The minimum Gasteiger partial charge on any atom is -0.339 e. The lowest BCUT2D eigenvalue weighted by Gasteiger charge is -2.30. The van der Waals surface area contributed by atoms with Crippen LogP contribution in [-0.4, -0.2) is 59.8 Å². The summed E-state index contributed by atoms with van der Waals surface area (Å²) in [5.74, 6) is 0.686. The van der Waals surface area contributed by atoms with Crippen molar-refractivity contribution in [3.63, 3.8) is 0 Å². The number of aromatic nitrogens is 2. The molecule has 2 saturated heterocycles. The Morgan fingerprint density at radius 3 is 2.54 bits per heavy atom. The molecule has 2 fully saturated rings. The Balaban J connectivity index is 1.32. The second kappa shape index (κ2) is 9.91. The fourth-order valence-corrected chi connectivity index (χ4v) is 6.33. The number of piperidine rings is 2. The maximum Gasteiger partial charge on any atom is 0.253 e. The lowest BCUT2D eigenvalue weighted by Crippen LogP contribution is -2.39. The van der Waals surface area contributed by atoms with Gasteiger partial charge in [0.15, 0.2) is 0 Å². The number of carbonyl (C=O) groups excluding carboxylic acids is 1. The normalized spacial score (nSPS) is 19.6. The summed E-state index contributed by atoms with van der Waals surface area (Å²) in [4.78, 5) is 19.7. The maximum atomic E-state index is 13.2. The standard InChI is InChI=1S/C26H30N4O4S/c1-19-10-12-23(13-11-19)35(32,33)30-16-6-9-22(18-30)25-27-24(28-34-25)20-7-5-8-21(17-20)26(31)29-14-3-2-4-15-29/h5,7-8,10-13,17,22H,2-4,6,9,14-16,18H2,1H3/t22-/m0/s1. The molecule has 0 unspecified atom stereocenters. The molecule has 5 rings (SSSR count). The molecule has 0 spiro atoms. The van der Waals surface area contributed by atoms with E-state index in [9.17, 15) is 13.2 Å². The first-order chi connectivity index (χ1) is 16.9. The summed E-state index contributed by atoms with van der Waals surface area (Å²) >= 11 is 0. The van der Waals surface area contributed by atoms with Gasteiger partial charge in [0.05, 0.1) is 10.8 Å².